The zero-order chi connectivity index (χ0) is 24.3. The monoisotopic (exact) mass is 473 g/mol. The number of ether oxygens (including phenoxy) is 2. The predicted octanol–water partition coefficient (Wildman–Crippen LogP) is 4.21. The number of aliphatic hydroxyl groups is 3. The van der Waals surface area contributed by atoms with Gasteiger partial charge in [0.2, 0.25) is 5.91 Å². The molecule has 1 amide bonds. The second kappa shape index (κ2) is 19.6. The van der Waals surface area contributed by atoms with Crippen molar-refractivity contribution in [1.82, 2.24) is 5.32 Å². The molecule has 0 aromatic rings. The fourth-order valence-corrected chi connectivity index (χ4v) is 4.46. The molecule has 1 fully saturated rings. The lowest BCUT2D eigenvalue weighted by molar-refractivity contribution is -0.270. The van der Waals surface area contributed by atoms with Gasteiger partial charge < -0.3 is 30.1 Å². The molecule has 33 heavy (non-hydrogen) atoms. The summed E-state index contributed by atoms with van der Waals surface area (Å²) in [6, 6.07) is -0.860. The third-order valence-electron chi connectivity index (χ3n) is 6.53. The molecule has 1 rings (SSSR count). The van der Waals surface area contributed by atoms with Crippen LogP contribution in [-0.4, -0.2) is 65.1 Å². The van der Waals surface area contributed by atoms with Gasteiger partial charge in [0.15, 0.2) is 6.29 Å². The van der Waals surface area contributed by atoms with E-state index in [9.17, 15) is 20.1 Å². The number of carbonyl (C=O) groups is 1. The minimum absolute atomic E-state index is 0.340. The Bertz CT molecular complexity index is 478. The Labute approximate surface area is 201 Å². The van der Waals surface area contributed by atoms with Crippen molar-refractivity contribution in [3.63, 3.8) is 0 Å². The number of amides is 1. The van der Waals surface area contributed by atoms with Gasteiger partial charge >= 0.3 is 0 Å². The summed E-state index contributed by atoms with van der Waals surface area (Å²) in [5.74, 6) is -0.340. The fourth-order valence-electron chi connectivity index (χ4n) is 4.46. The minimum Gasteiger partial charge on any atom is -0.394 e. The molecular formula is C26H51NO6. The zero-order valence-electron chi connectivity index (χ0n) is 21.2. The van der Waals surface area contributed by atoms with E-state index in [-0.39, 0.29) is 5.91 Å². The number of hydrogen-bond donors (Lipinski definition) is 4. The van der Waals surface area contributed by atoms with Crippen LogP contribution in [0, 0.1) is 0 Å². The SMILES string of the molecule is CCCCCCCCCCCCCCCCCCO[C@@H]1OC(CO)C(O)C(O)[C@H]1NC(C)=O. The molecule has 196 valence electrons. The summed E-state index contributed by atoms with van der Waals surface area (Å²) in [6.45, 7) is 3.62. The molecule has 0 spiro atoms. The highest BCUT2D eigenvalue weighted by Crippen LogP contribution is 2.22. The largest absolute Gasteiger partial charge is 0.394 e. The van der Waals surface area contributed by atoms with E-state index in [0.717, 1.165) is 12.8 Å². The van der Waals surface area contributed by atoms with Gasteiger partial charge in [-0.05, 0) is 6.42 Å². The van der Waals surface area contributed by atoms with Gasteiger partial charge in [0.25, 0.3) is 0 Å². The molecular weight excluding hydrogens is 422 g/mol. The van der Waals surface area contributed by atoms with Gasteiger partial charge in [0.05, 0.1) is 6.61 Å². The molecule has 0 bridgehead atoms. The third kappa shape index (κ3) is 13.7. The van der Waals surface area contributed by atoms with Crippen molar-refractivity contribution in [3.05, 3.63) is 0 Å². The van der Waals surface area contributed by atoms with E-state index in [2.05, 4.69) is 12.2 Å². The number of hydrogen-bond acceptors (Lipinski definition) is 6. The van der Waals surface area contributed by atoms with Gasteiger partial charge in [-0.25, -0.2) is 0 Å². The second-order valence-electron chi connectivity index (χ2n) is 9.61. The molecule has 0 aliphatic carbocycles. The molecule has 0 aromatic carbocycles. The van der Waals surface area contributed by atoms with Gasteiger partial charge in [0, 0.05) is 13.5 Å². The van der Waals surface area contributed by atoms with E-state index < -0.39 is 37.3 Å². The summed E-state index contributed by atoms with van der Waals surface area (Å²) in [7, 11) is 0. The van der Waals surface area contributed by atoms with E-state index >= 15 is 0 Å². The first-order chi connectivity index (χ1) is 16.0. The zero-order valence-corrected chi connectivity index (χ0v) is 21.2. The quantitative estimate of drug-likeness (QED) is 0.197. The summed E-state index contributed by atoms with van der Waals surface area (Å²) in [5, 5.41) is 32.2. The molecule has 7 nitrogen and oxygen atoms in total. The van der Waals surface area contributed by atoms with Gasteiger partial charge in [0.1, 0.15) is 24.4 Å². The number of aliphatic hydroxyl groups excluding tert-OH is 3. The smallest absolute Gasteiger partial charge is 0.217 e. The highest BCUT2D eigenvalue weighted by Gasteiger charge is 2.45. The molecule has 0 saturated carbocycles. The molecule has 0 radical (unpaired) electrons. The molecule has 1 heterocycles. The summed E-state index contributed by atoms with van der Waals surface area (Å²) >= 11 is 0. The lowest BCUT2D eigenvalue weighted by Crippen LogP contribution is -2.64. The van der Waals surface area contributed by atoms with Crippen LogP contribution in [0.3, 0.4) is 0 Å². The van der Waals surface area contributed by atoms with Crippen LogP contribution >= 0.6 is 0 Å². The van der Waals surface area contributed by atoms with Crippen LogP contribution in [-0.2, 0) is 14.3 Å². The number of rotatable bonds is 20. The topological polar surface area (TPSA) is 108 Å². The fraction of sp³-hybridized carbons (Fsp3) is 0.962. The molecule has 7 heteroatoms. The summed E-state index contributed by atoms with van der Waals surface area (Å²) in [4.78, 5) is 11.4. The van der Waals surface area contributed by atoms with E-state index in [1.165, 1.54) is 96.8 Å². The summed E-state index contributed by atoms with van der Waals surface area (Å²) in [6.07, 6.45) is 16.5. The van der Waals surface area contributed by atoms with Crippen LogP contribution in [0.25, 0.3) is 0 Å². The summed E-state index contributed by atoms with van der Waals surface area (Å²) in [5.41, 5.74) is 0. The molecule has 4 N–H and O–H groups in total. The Morgan fingerprint density at radius 2 is 1.24 bits per heavy atom. The maximum atomic E-state index is 11.4. The standard InChI is InChI=1S/C26H51NO6/c1-3-4-5-6-7-8-9-10-11-12-13-14-15-16-17-18-19-32-26-23(27-21(2)29)25(31)24(30)22(20-28)33-26/h22-26,28,30-31H,3-20H2,1-2H3,(H,27,29)/t22?,23-,24?,25?,26-/m1/s1. The maximum Gasteiger partial charge on any atom is 0.217 e. The first-order valence-electron chi connectivity index (χ1n) is 13.5. The van der Waals surface area contributed by atoms with E-state index in [4.69, 9.17) is 9.47 Å². The first-order valence-corrected chi connectivity index (χ1v) is 13.5. The van der Waals surface area contributed by atoms with Crippen LogP contribution < -0.4 is 5.32 Å². The van der Waals surface area contributed by atoms with Crippen molar-refractivity contribution in [2.75, 3.05) is 13.2 Å². The molecule has 1 aliphatic heterocycles. The predicted molar refractivity (Wildman–Crippen MR) is 131 cm³/mol. The molecule has 1 saturated heterocycles. The number of nitrogens with one attached hydrogen (secondary N) is 1. The maximum absolute atomic E-state index is 11.4. The summed E-state index contributed by atoms with van der Waals surface area (Å²) < 4.78 is 11.3. The van der Waals surface area contributed by atoms with Crippen molar-refractivity contribution in [2.24, 2.45) is 0 Å². The molecule has 3 unspecified atom stereocenters. The van der Waals surface area contributed by atoms with Gasteiger partial charge in [-0.1, -0.05) is 103 Å². The highest BCUT2D eigenvalue weighted by atomic mass is 16.7. The minimum atomic E-state index is -1.28. The van der Waals surface area contributed by atoms with Gasteiger partial charge in [-0.15, -0.1) is 0 Å². The Morgan fingerprint density at radius 3 is 1.67 bits per heavy atom. The van der Waals surface area contributed by atoms with Crippen LogP contribution in [0.15, 0.2) is 0 Å². The van der Waals surface area contributed by atoms with Crippen LogP contribution in [0.2, 0.25) is 0 Å². The van der Waals surface area contributed by atoms with Crippen molar-refractivity contribution in [1.29, 1.82) is 0 Å². The molecule has 5 atom stereocenters. The number of unbranched alkanes of at least 4 members (excludes halogenated alkanes) is 15. The second-order valence-corrected chi connectivity index (χ2v) is 9.61. The van der Waals surface area contributed by atoms with E-state index in [1.54, 1.807) is 0 Å². The Balaban J connectivity index is 2.01. The van der Waals surface area contributed by atoms with Crippen LogP contribution in [0.5, 0.6) is 0 Å². The van der Waals surface area contributed by atoms with Crippen molar-refractivity contribution >= 4 is 5.91 Å². The van der Waals surface area contributed by atoms with Crippen molar-refractivity contribution in [3.8, 4) is 0 Å². The molecule has 0 aromatic heterocycles. The average molecular weight is 474 g/mol. The Morgan fingerprint density at radius 1 is 0.788 bits per heavy atom. The van der Waals surface area contributed by atoms with Crippen LogP contribution in [0.4, 0.5) is 0 Å². The average Bonchev–Trinajstić information content (AvgIpc) is 2.80. The van der Waals surface area contributed by atoms with Gasteiger partial charge in [-0.2, -0.15) is 0 Å². The lowest BCUT2D eigenvalue weighted by Gasteiger charge is -2.42. The number of carbonyl (C=O) groups excluding carboxylic acids is 1. The van der Waals surface area contributed by atoms with Crippen LogP contribution in [0.1, 0.15) is 117 Å². The Hall–Kier alpha value is -0.730. The van der Waals surface area contributed by atoms with E-state index in [1.807, 2.05) is 0 Å². The third-order valence-corrected chi connectivity index (χ3v) is 6.53. The highest BCUT2D eigenvalue weighted by molar-refractivity contribution is 5.73. The Kier molecular flexibility index (Phi) is 18.0. The van der Waals surface area contributed by atoms with Crippen molar-refractivity contribution in [2.45, 2.75) is 147 Å². The van der Waals surface area contributed by atoms with E-state index in [0.29, 0.717) is 6.61 Å². The molecule has 1 aliphatic rings. The lowest BCUT2D eigenvalue weighted by atomic mass is 9.97. The van der Waals surface area contributed by atoms with Crippen molar-refractivity contribution < 1.29 is 29.6 Å². The first kappa shape index (κ1) is 30.3. The van der Waals surface area contributed by atoms with Gasteiger partial charge in [-0.3, -0.25) is 4.79 Å². The normalized spacial score (nSPS) is 25.3.